The number of nitrogens with two attached hydrogens (primary N) is 1. The fourth-order valence-electron chi connectivity index (χ4n) is 2.95. The Morgan fingerprint density at radius 1 is 0.744 bits per heavy atom. The van der Waals surface area contributed by atoms with Crippen LogP contribution in [0.1, 0.15) is 73.3 Å². The maximum Gasteiger partial charge on any atom is 0.514 e. The van der Waals surface area contributed by atoms with Gasteiger partial charge in [-0.2, -0.15) is 0 Å². The highest BCUT2D eigenvalue weighted by atomic mass is 16.8. The maximum atomic E-state index is 12.6. The van der Waals surface area contributed by atoms with Crippen LogP contribution >= 0.6 is 0 Å². The third kappa shape index (κ3) is 13.7. The molecule has 0 aromatic heterocycles. The smallest absolute Gasteiger partial charge is 0.458 e. The van der Waals surface area contributed by atoms with Crippen LogP contribution in [0.2, 0.25) is 0 Å². The van der Waals surface area contributed by atoms with Gasteiger partial charge in [0.15, 0.2) is 11.5 Å². The molecule has 2 N–H and O–H groups in total. The van der Waals surface area contributed by atoms with Crippen LogP contribution < -0.4 is 15.2 Å². The lowest BCUT2D eigenvalue weighted by atomic mass is 10.1. The van der Waals surface area contributed by atoms with E-state index in [1.807, 2.05) is 6.92 Å². The molecule has 39 heavy (non-hydrogen) atoms. The van der Waals surface area contributed by atoms with Gasteiger partial charge in [-0.05, 0) is 72.1 Å². The lowest BCUT2D eigenvalue weighted by Gasteiger charge is -2.22. The summed E-state index contributed by atoms with van der Waals surface area (Å²) >= 11 is 0. The summed E-state index contributed by atoms with van der Waals surface area (Å²) in [5, 5.41) is 0. The summed E-state index contributed by atoms with van der Waals surface area (Å²) in [5.41, 5.74) is 6.52. The number of hydrogen-bond donors (Lipinski definition) is 1. The van der Waals surface area contributed by atoms with Crippen LogP contribution in [0.5, 0.6) is 11.5 Å². The fraction of sp³-hybridized carbons (Fsp3) is 0.630. The Balaban J connectivity index is 2.82. The zero-order valence-corrected chi connectivity index (χ0v) is 23.7. The molecule has 3 atom stereocenters. The molecule has 0 fully saturated rings. The molecule has 0 spiro atoms. The maximum absolute atomic E-state index is 12.6. The van der Waals surface area contributed by atoms with E-state index in [0.29, 0.717) is 5.56 Å². The van der Waals surface area contributed by atoms with Crippen molar-refractivity contribution in [2.45, 2.75) is 105 Å². The highest BCUT2D eigenvalue weighted by molar-refractivity contribution is 5.76. The molecule has 0 amide bonds. The van der Waals surface area contributed by atoms with Gasteiger partial charge in [0.05, 0.1) is 18.8 Å². The van der Waals surface area contributed by atoms with Crippen molar-refractivity contribution in [3.8, 4) is 11.5 Å². The zero-order valence-electron chi connectivity index (χ0n) is 23.7. The zero-order chi connectivity index (χ0) is 29.5. The molecule has 1 aromatic carbocycles. The van der Waals surface area contributed by atoms with Crippen LogP contribution in [-0.4, -0.2) is 61.5 Å². The minimum absolute atomic E-state index is 0.00737. The van der Waals surface area contributed by atoms with Gasteiger partial charge in [0.1, 0.15) is 18.2 Å². The summed E-state index contributed by atoms with van der Waals surface area (Å²) in [5.74, 6) is -0.966. The number of unbranched alkanes of at least 4 members (excludes halogenated alkanes) is 2. The van der Waals surface area contributed by atoms with E-state index in [-0.39, 0.29) is 24.5 Å². The van der Waals surface area contributed by atoms with E-state index < -0.39 is 54.9 Å². The summed E-state index contributed by atoms with van der Waals surface area (Å²) in [7, 11) is 0. The molecule has 12 heteroatoms. The van der Waals surface area contributed by atoms with Crippen molar-refractivity contribution in [2.75, 3.05) is 6.61 Å². The third-order valence-corrected chi connectivity index (χ3v) is 5.03. The third-order valence-electron chi connectivity index (χ3n) is 5.03. The number of rotatable bonds is 14. The molecule has 0 aliphatic rings. The van der Waals surface area contributed by atoms with E-state index in [1.54, 1.807) is 41.5 Å². The second-order valence-corrected chi connectivity index (χ2v) is 9.40. The molecular weight excluding hydrogens is 514 g/mol. The molecule has 0 saturated carbocycles. The molecule has 0 saturated heterocycles. The Kier molecular flexibility index (Phi) is 14.7. The first-order valence-corrected chi connectivity index (χ1v) is 13.0. The van der Waals surface area contributed by atoms with Crippen LogP contribution in [-0.2, 0) is 34.9 Å². The first-order chi connectivity index (χ1) is 18.3. The van der Waals surface area contributed by atoms with Gasteiger partial charge in [-0.1, -0.05) is 25.8 Å². The van der Waals surface area contributed by atoms with E-state index in [0.717, 1.165) is 19.3 Å². The highest BCUT2D eigenvalue weighted by Crippen LogP contribution is 2.30. The summed E-state index contributed by atoms with van der Waals surface area (Å²) in [6.07, 6.45) is -2.63. The van der Waals surface area contributed by atoms with Gasteiger partial charge in [-0.25, -0.2) is 14.4 Å². The van der Waals surface area contributed by atoms with Gasteiger partial charge in [-0.15, -0.1) is 0 Å². The molecule has 0 radical (unpaired) electrons. The van der Waals surface area contributed by atoms with E-state index in [1.165, 1.54) is 18.2 Å². The largest absolute Gasteiger partial charge is 0.514 e. The van der Waals surface area contributed by atoms with Crippen LogP contribution in [0.4, 0.5) is 14.4 Å². The van der Waals surface area contributed by atoms with E-state index in [9.17, 15) is 19.2 Å². The van der Waals surface area contributed by atoms with Crippen molar-refractivity contribution in [3.05, 3.63) is 23.8 Å². The molecule has 1 rings (SSSR count). The number of benzene rings is 1. The fourth-order valence-corrected chi connectivity index (χ4v) is 2.95. The second kappa shape index (κ2) is 17.1. The Morgan fingerprint density at radius 2 is 1.31 bits per heavy atom. The van der Waals surface area contributed by atoms with Crippen molar-refractivity contribution in [1.82, 2.24) is 0 Å². The van der Waals surface area contributed by atoms with E-state index in [4.69, 9.17) is 38.9 Å². The average molecular weight is 556 g/mol. The normalized spacial score (nSPS) is 13.2. The van der Waals surface area contributed by atoms with Crippen LogP contribution in [0.15, 0.2) is 18.2 Å². The minimum Gasteiger partial charge on any atom is -0.458 e. The highest BCUT2D eigenvalue weighted by Gasteiger charge is 2.25. The topological polar surface area (TPSA) is 159 Å². The van der Waals surface area contributed by atoms with Crippen LogP contribution in [0, 0.1) is 0 Å². The summed E-state index contributed by atoms with van der Waals surface area (Å²) in [6, 6.07) is 3.19. The summed E-state index contributed by atoms with van der Waals surface area (Å²) in [4.78, 5) is 48.4. The second-order valence-electron chi connectivity index (χ2n) is 9.40. The predicted octanol–water partition coefficient (Wildman–Crippen LogP) is 5.07. The molecule has 0 unspecified atom stereocenters. The molecule has 1 aromatic rings. The van der Waals surface area contributed by atoms with Crippen molar-refractivity contribution in [3.63, 3.8) is 0 Å². The van der Waals surface area contributed by atoms with Gasteiger partial charge in [-0.3, -0.25) is 4.79 Å². The summed E-state index contributed by atoms with van der Waals surface area (Å²) in [6.45, 7) is 12.0. The number of carbonyl (C=O) groups is 4. The SMILES string of the molecule is CCCCCOC(=O)O[C@@H](C)[C@H](C)OC(=O)[C@@H](N)Cc1ccc(OC(=O)OC(C)C)c(OC(=O)OC(C)C)c1. The van der Waals surface area contributed by atoms with Gasteiger partial charge in [0.25, 0.3) is 0 Å². The Labute approximate surface area is 229 Å². The Hall–Kier alpha value is -3.54. The number of esters is 1. The molecule has 0 aliphatic heterocycles. The van der Waals surface area contributed by atoms with Gasteiger partial charge in [0.2, 0.25) is 0 Å². The van der Waals surface area contributed by atoms with Gasteiger partial charge in [0, 0.05) is 0 Å². The molecule has 0 heterocycles. The number of ether oxygens (including phenoxy) is 7. The van der Waals surface area contributed by atoms with Crippen molar-refractivity contribution in [1.29, 1.82) is 0 Å². The number of carbonyl (C=O) groups excluding carboxylic acids is 4. The number of hydrogen-bond acceptors (Lipinski definition) is 12. The Morgan fingerprint density at radius 3 is 1.87 bits per heavy atom. The van der Waals surface area contributed by atoms with E-state index in [2.05, 4.69) is 0 Å². The molecule has 12 nitrogen and oxygen atoms in total. The molecule has 0 aliphatic carbocycles. The molecular formula is C27H41NO11. The predicted molar refractivity (Wildman–Crippen MR) is 140 cm³/mol. The quantitative estimate of drug-likeness (QED) is 0.141. The lowest BCUT2D eigenvalue weighted by molar-refractivity contribution is -0.155. The minimum atomic E-state index is -1.10. The van der Waals surface area contributed by atoms with Gasteiger partial charge >= 0.3 is 24.4 Å². The summed E-state index contributed by atoms with van der Waals surface area (Å²) < 4.78 is 35.8. The average Bonchev–Trinajstić information content (AvgIpc) is 2.82. The first-order valence-electron chi connectivity index (χ1n) is 13.0. The Bertz CT molecular complexity index is 948. The van der Waals surface area contributed by atoms with Crippen LogP contribution in [0.3, 0.4) is 0 Å². The van der Waals surface area contributed by atoms with Crippen molar-refractivity contribution < 1.29 is 52.3 Å². The van der Waals surface area contributed by atoms with Crippen molar-refractivity contribution in [2.24, 2.45) is 5.73 Å². The standard InChI is InChI=1S/C27H41NO11/c1-8-9-10-13-33-25(30)37-19(7)18(6)36-24(29)21(28)14-20-11-12-22(38-26(31)34-16(2)3)23(15-20)39-27(32)35-17(4)5/h11-12,15-19,21H,8-10,13-14,28H2,1-7H3/t18-,19-,21-/m0/s1. The molecule has 0 bridgehead atoms. The molecule has 220 valence electrons. The van der Waals surface area contributed by atoms with Crippen molar-refractivity contribution >= 4 is 24.4 Å². The van der Waals surface area contributed by atoms with E-state index >= 15 is 0 Å². The monoisotopic (exact) mass is 555 g/mol. The lowest BCUT2D eigenvalue weighted by Crippen LogP contribution is -2.39. The van der Waals surface area contributed by atoms with Crippen LogP contribution in [0.25, 0.3) is 0 Å². The van der Waals surface area contributed by atoms with Gasteiger partial charge < -0.3 is 38.9 Å². The first kappa shape index (κ1) is 33.5.